The first-order valence-corrected chi connectivity index (χ1v) is 8.61. The number of pyridine rings is 1. The summed E-state index contributed by atoms with van der Waals surface area (Å²) in [6, 6.07) is 4.13. The number of rotatable bonds is 4. The summed E-state index contributed by atoms with van der Waals surface area (Å²) in [5.74, 6) is -0.550. The van der Waals surface area contributed by atoms with Gasteiger partial charge in [-0.25, -0.2) is 14.6 Å². The van der Waals surface area contributed by atoms with E-state index in [1.807, 2.05) is 32.0 Å². The maximum Gasteiger partial charge on any atom is 0.328 e. The molecule has 0 aliphatic carbocycles. The average molecular weight is 357 g/mol. The van der Waals surface area contributed by atoms with E-state index < -0.39 is 18.1 Å². The van der Waals surface area contributed by atoms with E-state index in [2.05, 4.69) is 20.3 Å². The summed E-state index contributed by atoms with van der Waals surface area (Å²) >= 11 is 0. The number of hydrogen-bond acceptors (Lipinski definition) is 5. The van der Waals surface area contributed by atoms with Crippen LogP contribution in [0.1, 0.15) is 37.0 Å². The Morgan fingerprint density at radius 2 is 2.15 bits per heavy atom. The number of carbonyl (C=O) groups is 2. The number of methoxy groups -OCH3 is 1. The van der Waals surface area contributed by atoms with Gasteiger partial charge in [0.2, 0.25) is 0 Å². The molecule has 0 radical (unpaired) electrons. The maximum atomic E-state index is 13.0. The summed E-state index contributed by atoms with van der Waals surface area (Å²) in [6.45, 7) is 4.22. The van der Waals surface area contributed by atoms with Crippen LogP contribution in [-0.4, -0.2) is 51.5 Å². The smallest absolute Gasteiger partial charge is 0.328 e. The van der Waals surface area contributed by atoms with Crippen LogP contribution in [0.15, 0.2) is 30.7 Å². The van der Waals surface area contributed by atoms with Crippen LogP contribution in [0.2, 0.25) is 0 Å². The summed E-state index contributed by atoms with van der Waals surface area (Å²) < 4.78 is 4.82. The summed E-state index contributed by atoms with van der Waals surface area (Å²) in [5.41, 5.74) is 2.51. The molecule has 3 heterocycles. The van der Waals surface area contributed by atoms with Crippen molar-refractivity contribution in [2.75, 3.05) is 13.7 Å². The van der Waals surface area contributed by atoms with Gasteiger partial charge in [-0.3, -0.25) is 4.98 Å². The molecule has 8 heteroatoms. The number of amides is 2. The Labute approximate surface area is 152 Å². The van der Waals surface area contributed by atoms with Crippen molar-refractivity contribution in [1.29, 1.82) is 0 Å². The number of imidazole rings is 1. The Balaban J connectivity index is 1.90. The minimum atomic E-state index is -0.711. The van der Waals surface area contributed by atoms with E-state index in [0.29, 0.717) is 13.0 Å². The van der Waals surface area contributed by atoms with Gasteiger partial charge in [0.1, 0.15) is 12.1 Å². The third kappa shape index (κ3) is 3.40. The molecule has 1 aliphatic rings. The largest absolute Gasteiger partial charge is 0.467 e. The molecule has 0 saturated carbocycles. The molecule has 0 bridgehead atoms. The molecule has 2 aromatic rings. The first-order chi connectivity index (χ1) is 12.5. The van der Waals surface area contributed by atoms with Crippen LogP contribution in [0.25, 0.3) is 0 Å². The van der Waals surface area contributed by atoms with Gasteiger partial charge in [-0.1, -0.05) is 19.9 Å². The zero-order chi connectivity index (χ0) is 18.7. The van der Waals surface area contributed by atoms with E-state index in [-0.39, 0.29) is 11.9 Å². The highest BCUT2D eigenvalue weighted by Gasteiger charge is 2.36. The number of urea groups is 1. The number of carbonyl (C=O) groups excluding carboxylic acids is 2. The van der Waals surface area contributed by atoms with Crippen molar-refractivity contribution in [2.24, 2.45) is 5.92 Å². The Morgan fingerprint density at radius 1 is 1.35 bits per heavy atom. The van der Waals surface area contributed by atoms with Crippen molar-refractivity contribution < 1.29 is 14.3 Å². The SMILES string of the molecule is COC(=O)C(NC(=O)N1CCc2[nH]cnc2C1c1ccccn1)C(C)C. The minimum absolute atomic E-state index is 0.0922. The van der Waals surface area contributed by atoms with E-state index in [9.17, 15) is 9.59 Å². The minimum Gasteiger partial charge on any atom is -0.467 e. The molecule has 2 N–H and O–H groups in total. The number of esters is 1. The van der Waals surface area contributed by atoms with Gasteiger partial charge in [0.25, 0.3) is 0 Å². The van der Waals surface area contributed by atoms with Crippen LogP contribution in [0.3, 0.4) is 0 Å². The lowest BCUT2D eigenvalue weighted by Crippen LogP contribution is -2.53. The Morgan fingerprint density at radius 3 is 2.81 bits per heavy atom. The zero-order valence-electron chi connectivity index (χ0n) is 15.1. The molecule has 3 rings (SSSR count). The number of nitrogens with one attached hydrogen (secondary N) is 2. The van der Waals surface area contributed by atoms with Gasteiger partial charge < -0.3 is 19.9 Å². The van der Waals surface area contributed by atoms with Crippen molar-refractivity contribution >= 4 is 12.0 Å². The predicted molar refractivity (Wildman–Crippen MR) is 94.3 cm³/mol. The van der Waals surface area contributed by atoms with Gasteiger partial charge >= 0.3 is 12.0 Å². The molecule has 2 unspecified atom stereocenters. The van der Waals surface area contributed by atoms with Gasteiger partial charge in [-0.05, 0) is 18.1 Å². The van der Waals surface area contributed by atoms with Gasteiger partial charge in [-0.2, -0.15) is 0 Å². The fourth-order valence-corrected chi connectivity index (χ4v) is 3.17. The molecular formula is C18H23N5O3. The van der Waals surface area contributed by atoms with Gasteiger partial charge in [0.15, 0.2) is 0 Å². The number of hydrogen-bond donors (Lipinski definition) is 2. The van der Waals surface area contributed by atoms with E-state index >= 15 is 0 Å². The molecule has 26 heavy (non-hydrogen) atoms. The Bertz CT molecular complexity index is 774. The van der Waals surface area contributed by atoms with Gasteiger partial charge in [0.05, 0.1) is 24.8 Å². The third-order valence-corrected chi connectivity index (χ3v) is 4.55. The second kappa shape index (κ2) is 7.55. The Hall–Kier alpha value is -2.90. The molecule has 2 aromatic heterocycles. The van der Waals surface area contributed by atoms with Crippen molar-refractivity contribution in [1.82, 2.24) is 25.2 Å². The van der Waals surface area contributed by atoms with Crippen molar-refractivity contribution in [2.45, 2.75) is 32.4 Å². The second-order valence-electron chi connectivity index (χ2n) is 6.56. The summed E-state index contributed by atoms with van der Waals surface area (Å²) in [5, 5.41) is 2.81. The highest BCUT2D eigenvalue weighted by atomic mass is 16.5. The molecule has 8 nitrogen and oxygen atoms in total. The van der Waals surface area contributed by atoms with Gasteiger partial charge in [0, 0.05) is 24.9 Å². The molecule has 2 atom stereocenters. The number of aromatic amines is 1. The average Bonchev–Trinajstić information content (AvgIpc) is 3.13. The third-order valence-electron chi connectivity index (χ3n) is 4.55. The molecule has 0 fully saturated rings. The highest BCUT2D eigenvalue weighted by Crippen LogP contribution is 2.32. The molecule has 0 spiro atoms. The van der Waals surface area contributed by atoms with Crippen LogP contribution in [0, 0.1) is 5.92 Å². The summed E-state index contributed by atoms with van der Waals surface area (Å²) in [4.78, 5) is 38.6. The zero-order valence-corrected chi connectivity index (χ0v) is 15.1. The monoisotopic (exact) mass is 357 g/mol. The molecule has 2 amide bonds. The number of ether oxygens (including phenoxy) is 1. The molecule has 0 saturated heterocycles. The molecular weight excluding hydrogens is 334 g/mol. The Kier molecular flexibility index (Phi) is 5.20. The molecule has 138 valence electrons. The second-order valence-corrected chi connectivity index (χ2v) is 6.56. The quantitative estimate of drug-likeness (QED) is 0.811. The van der Waals surface area contributed by atoms with Crippen molar-refractivity contribution in [3.8, 4) is 0 Å². The normalized spacial score (nSPS) is 17.5. The number of H-pyrrole nitrogens is 1. The van der Waals surface area contributed by atoms with Gasteiger partial charge in [-0.15, -0.1) is 0 Å². The van der Waals surface area contributed by atoms with Crippen molar-refractivity contribution in [3.63, 3.8) is 0 Å². The van der Waals surface area contributed by atoms with Crippen LogP contribution in [0.4, 0.5) is 4.79 Å². The van der Waals surface area contributed by atoms with Crippen LogP contribution < -0.4 is 5.32 Å². The lowest BCUT2D eigenvalue weighted by molar-refractivity contribution is -0.144. The topological polar surface area (TPSA) is 100 Å². The maximum absolute atomic E-state index is 13.0. The highest BCUT2D eigenvalue weighted by molar-refractivity contribution is 5.84. The number of aromatic nitrogens is 3. The van der Waals surface area contributed by atoms with E-state index in [0.717, 1.165) is 17.1 Å². The standard InChI is InChI=1S/C18H23N5O3/c1-11(2)14(17(24)26-3)22-18(25)23-9-7-12-15(21-10-20-12)16(23)13-6-4-5-8-19-13/h4-6,8,10-11,14,16H,7,9H2,1-3H3,(H,20,21)(H,22,25). The van der Waals surface area contributed by atoms with Crippen LogP contribution >= 0.6 is 0 Å². The van der Waals surface area contributed by atoms with E-state index in [1.165, 1.54) is 7.11 Å². The first kappa shape index (κ1) is 17.9. The predicted octanol–water partition coefficient (Wildman–Crippen LogP) is 1.66. The fraction of sp³-hybridized carbons (Fsp3) is 0.444. The molecule has 0 aromatic carbocycles. The fourth-order valence-electron chi connectivity index (χ4n) is 3.17. The van der Waals surface area contributed by atoms with Crippen molar-refractivity contribution in [3.05, 3.63) is 47.8 Å². The van der Waals surface area contributed by atoms with Crippen LogP contribution in [0.5, 0.6) is 0 Å². The van der Waals surface area contributed by atoms with E-state index in [4.69, 9.17) is 4.74 Å². The van der Waals surface area contributed by atoms with Crippen LogP contribution in [-0.2, 0) is 16.0 Å². The van der Waals surface area contributed by atoms with E-state index in [1.54, 1.807) is 17.4 Å². The lowest BCUT2D eigenvalue weighted by Gasteiger charge is -2.35. The lowest BCUT2D eigenvalue weighted by atomic mass is 9.99. The summed E-state index contributed by atoms with van der Waals surface area (Å²) in [6.07, 6.45) is 3.99. The summed E-state index contributed by atoms with van der Waals surface area (Å²) in [7, 11) is 1.32. The molecule has 1 aliphatic heterocycles. The number of fused-ring (bicyclic) bond motifs is 1. The first-order valence-electron chi connectivity index (χ1n) is 8.61. The number of nitrogens with zero attached hydrogens (tertiary/aromatic N) is 3.